The van der Waals surface area contributed by atoms with Crippen LogP contribution in [0, 0.1) is 13.8 Å². The quantitative estimate of drug-likeness (QED) is 0.409. The number of aryl methyl sites for hydroxylation is 4. The molecule has 1 aliphatic rings. The first-order chi connectivity index (χ1) is 15.7. The molecule has 3 heterocycles. The van der Waals surface area contributed by atoms with Gasteiger partial charge in [-0.25, -0.2) is 9.97 Å². The number of thiocarbonyl (C=S) groups is 1. The Balaban J connectivity index is 1.60. The van der Waals surface area contributed by atoms with Gasteiger partial charge in [-0.1, -0.05) is 30.4 Å². The number of anilines is 3. The van der Waals surface area contributed by atoms with E-state index in [2.05, 4.69) is 15.3 Å². The number of benzene rings is 1. The van der Waals surface area contributed by atoms with Gasteiger partial charge in [-0.05, 0) is 56.7 Å². The molecular weight excluding hydrogens is 449 g/mol. The largest absolute Gasteiger partial charge is 0.449 e. The molecule has 0 saturated carbocycles. The second-order valence-corrected chi connectivity index (χ2v) is 8.69. The zero-order valence-electron chi connectivity index (χ0n) is 18.5. The summed E-state index contributed by atoms with van der Waals surface area (Å²) in [5, 5.41) is 2.81. The molecular formula is C24H25F3N4OS. The molecule has 33 heavy (non-hydrogen) atoms. The van der Waals surface area contributed by atoms with Gasteiger partial charge < -0.3 is 14.6 Å². The fourth-order valence-electron chi connectivity index (χ4n) is 4.24. The molecule has 4 rings (SSSR count). The van der Waals surface area contributed by atoms with E-state index < -0.39 is 11.7 Å². The number of halogens is 3. The van der Waals surface area contributed by atoms with Crippen LogP contribution in [0.2, 0.25) is 0 Å². The molecule has 0 atom stereocenters. The summed E-state index contributed by atoms with van der Waals surface area (Å²) in [4.78, 5) is 10.6. The minimum Gasteiger partial charge on any atom is -0.449 e. The Morgan fingerprint density at radius 3 is 2.82 bits per heavy atom. The van der Waals surface area contributed by atoms with Crippen molar-refractivity contribution in [2.75, 3.05) is 16.8 Å². The second-order valence-electron chi connectivity index (χ2n) is 8.19. The van der Waals surface area contributed by atoms with Gasteiger partial charge in [0, 0.05) is 18.7 Å². The maximum Gasteiger partial charge on any atom is 0.418 e. The second kappa shape index (κ2) is 9.51. The monoisotopic (exact) mass is 474 g/mol. The fourth-order valence-corrected chi connectivity index (χ4v) is 4.49. The van der Waals surface area contributed by atoms with Crippen LogP contribution < -0.4 is 10.2 Å². The van der Waals surface area contributed by atoms with Crippen molar-refractivity contribution in [3.05, 3.63) is 65.0 Å². The molecule has 0 unspecified atom stereocenters. The summed E-state index contributed by atoms with van der Waals surface area (Å²) in [6, 6.07) is 7.11. The van der Waals surface area contributed by atoms with Crippen molar-refractivity contribution in [3.63, 3.8) is 0 Å². The predicted molar refractivity (Wildman–Crippen MR) is 126 cm³/mol. The first kappa shape index (κ1) is 23.2. The third-order valence-electron chi connectivity index (χ3n) is 5.76. The smallest absolute Gasteiger partial charge is 0.418 e. The van der Waals surface area contributed by atoms with Gasteiger partial charge in [0.1, 0.15) is 11.6 Å². The highest BCUT2D eigenvalue weighted by Crippen LogP contribution is 2.41. The molecule has 2 aromatic heterocycles. The zero-order chi connectivity index (χ0) is 23.6. The molecule has 0 aliphatic carbocycles. The molecule has 0 saturated heterocycles. The molecule has 0 fully saturated rings. The van der Waals surface area contributed by atoms with Crippen molar-refractivity contribution in [2.45, 2.75) is 52.1 Å². The number of hydrogen-bond donors (Lipinski definition) is 1. The van der Waals surface area contributed by atoms with Crippen LogP contribution in [0.1, 0.15) is 47.4 Å². The number of para-hydroxylation sites is 1. The average Bonchev–Trinajstić information content (AvgIpc) is 3.27. The lowest BCUT2D eigenvalue weighted by Gasteiger charge is -2.33. The van der Waals surface area contributed by atoms with Gasteiger partial charge in [-0.2, -0.15) is 13.2 Å². The van der Waals surface area contributed by atoms with Crippen LogP contribution >= 0.6 is 12.2 Å². The van der Waals surface area contributed by atoms with Gasteiger partial charge in [0.25, 0.3) is 0 Å². The molecule has 9 heteroatoms. The number of fused-ring (bicyclic) bond motifs is 1. The van der Waals surface area contributed by atoms with E-state index in [1.807, 2.05) is 30.0 Å². The number of nitrogens with one attached hydrogen (secondary N) is 1. The van der Waals surface area contributed by atoms with E-state index in [9.17, 15) is 13.2 Å². The van der Waals surface area contributed by atoms with Crippen LogP contribution in [0.4, 0.5) is 30.4 Å². The van der Waals surface area contributed by atoms with Crippen LogP contribution in [0.3, 0.4) is 0 Å². The van der Waals surface area contributed by atoms with Gasteiger partial charge in [0.2, 0.25) is 0 Å². The Morgan fingerprint density at radius 1 is 1.27 bits per heavy atom. The van der Waals surface area contributed by atoms with Gasteiger partial charge in [-0.3, -0.25) is 0 Å². The fraction of sp³-hybridized carbons (Fsp3) is 0.375. The van der Waals surface area contributed by atoms with Crippen LogP contribution in [-0.2, 0) is 19.0 Å². The van der Waals surface area contributed by atoms with Gasteiger partial charge in [-0.15, -0.1) is 0 Å². The van der Waals surface area contributed by atoms with Crippen LogP contribution in [0.5, 0.6) is 0 Å². The van der Waals surface area contributed by atoms with Gasteiger partial charge in [0.15, 0.2) is 6.39 Å². The SMILES string of the molecule is Cc1cccc2c1N(c1cc(C(F)(F)F)c(NC(=S)CCCc3cnco3)c(C)n1)CCC2. The molecule has 0 spiro atoms. The molecule has 174 valence electrons. The Labute approximate surface area is 196 Å². The minimum absolute atomic E-state index is 0.0852. The average molecular weight is 475 g/mol. The number of rotatable bonds is 6. The highest BCUT2D eigenvalue weighted by molar-refractivity contribution is 7.80. The highest BCUT2D eigenvalue weighted by Gasteiger charge is 2.36. The minimum atomic E-state index is -4.55. The lowest BCUT2D eigenvalue weighted by molar-refractivity contribution is -0.137. The van der Waals surface area contributed by atoms with E-state index >= 15 is 0 Å². The lowest BCUT2D eigenvalue weighted by Crippen LogP contribution is -2.27. The number of aromatic nitrogens is 2. The molecule has 1 aromatic carbocycles. The van der Waals surface area contributed by atoms with Crippen molar-refractivity contribution in [1.82, 2.24) is 9.97 Å². The van der Waals surface area contributed by atoms with Crippen molar-refractivity contribution in [1.29, 1.82) is 0 Å². The summed E-state index contributed by atoms with van der Waals surface area (Å²) in [6.45, 7) is 4.18. The number of nitrogens with zero attached hydrogens (tertiary/aromatic N) is 3. The van der Waals surface area contributed by atoms with Crippen molar-refractivity contribution in [2.24, 2.45) is 0 Å². The summed E-state index contributed by atoms with van der Waals surface area (Å²) in [5.41, 5.74) is 2.52. The van der Waals surface area contributed by atoms with Crippen molar-refractivity contribution in [3.8, 4) is 0 Å². The molecule has 0 radical (unpaired) electrons. The molecule has 0 bridgehead atoms. The Morgan fingerprint density at radius 2 is 2.09 bits per heavy atom. The Bertz CT molecular complexity index is 1150. The molecule has 1 N–H and O–H groups in total. The third kappa shape index (κ3) is 5.19. The Kier molecular flexibility index (Phi) is 6.69. The summed E-state index contributed by atoms with van der Waals surface area (Å²) >= 11 is 5.34. The number of hydrogen-bond acceptors (Lipinski definition) is 5. The maximum absolute atomic E-state index is 14.1. The Hall–Kier alpha value is -2.94. The highest BCUT2D eigenvalue weighted by atomic mass is 32.1. The van der Waals surface area contributed by atoms with Gasteiger partial charge in [0.05, 0.1) is 28.1 Å². The topological polar surface area (TPSA) is 54.2 Å². The normalized spacial score (nSPS) is 13.7. The summed E-state index contributed by atoms with van der Waals surface area (Å²) in [6.07, 6.45) is 1.84. The van der Waals surface area contributed by atoms with Crippen LogP contribution in [0.25, 0.3) is 0 Å². The van der Waals surface area contributed by atoms with Gasteiger partial charge >= 0.3 is 6.18 Å². The predicted octanol–water partition coefficient (Wildman–Crippen LogP) is 6.55. The van der Waals surface area contributed by atoms with Crippen molar-refractivity contribution >= 4 is 34.4 Å². The number of oxazole rings is 1. The summed E-state index contributed by atoms with van der Waals surface area (Å²) in [7, 11) is 0. The summed E-state index contributed by atoms with van der Waals surface area (Å²) < 4.78 is 47.5. The lowest BCUT2D eigenvalue weighted by atomic mass is 9.98. The number of pyridine rings is 1. The van der Waals surface area contributed by atoms with Crippen LogP contribution in [0.15, 0.2) is 41.3 Å². The van der Waals surface area contributed by atoms with E-state index in [-0.39, 0.29) is 11.4 Å². The van der Waals surface area contributed by atoms with E-state index in [0.29, 0.717) is 42.4 Å². The van der Waals surface area contributed by atoms with Crippen LogP contribution in [-0.4, -0.2) is 21.5 Å². The first-order valence-corrected chi connectivity index (χ1v) is 11.3. The molecule has 5 nitrogen and oxygen atoms in total. The molecule has 1 aliphatic heterocycles. The molecule has 0 amide bonds. The summed E-state index contributed by atoms with van der Waals surface area (Å²) in [5.74, 6) is 1.02. The van der Waals surface area contributed by atoms with E-state index in [1.54, 1.807) is 13.1 Å². The maximum atomic E-state index is 14.1. The van der Waals surface area contributed by atoms with E-state index in [1.165, 1.54) is 6.39 Å². The van der Waals surface area contributed by atoms with Crippen molar-refractivity contribution < 1.29 is 17.6 Å². The first-order valence-electron chi connectivity index (χ1n) is 10.9. The number of alkyl halides is 3. The van der Waals surface area contributed by atoms with E-state index in [0.717, 1.165) is 35.7 Å². The zero-order valence-corrected chi connectivity index (χ0v) is 19.3. The van der Waals surface area contributed by atoms with E-state index in [4.69, 9.17) is 16.6 Å². The molecule has 3 aromatic rings. The standard InChI is InChI=1S/C24H25F3N4OS/c1-15-6-3-7-17-8-5-11-31(23(15)17)20-12-19(24(25,26)27)22(16(2)29-20)30-21(33)10-4-9-18-13-28-14-32-18/h3,6-7,12-14H,4-5,8-11H2,1-2H3,(H,30,33). The third-order valence-corrected chi connectivity index (χ3v) is 6.07.